The second-order valence-corrected chi connectivity index (χ2v) is 3.91. The third kappa shape index (κ3) is 1.78. The standard InChI is InChI=1S/C14H13FO/c1-9-4-3-5-12(10(9)2)13-7-6-11(16)8-14(13)15/h3-8,16H,1-2H3. The van der Waals surface area contributed by atoms with Crippen LogP contribution < -0.4 is 0 Å². The van der Waals surface area contributed by atoms with E-state index in [2.05, 4.69) is 0 Å². The first-order valence-corrected chi connectivity index (χ1v) is 5.14. The largest absolute Gasteiger partial charge is 0.508 e. The number of phenolic OH excluding ortho intramolecular Hbond substituents is 1. The summed E-state index contributed by atoms with van der Waals surface area (Å²) in [7, 11) is 0. The predicted octanol–water partition coefficient (Wildman–Crippen LogP) is 3.82. The van der Waals surface area contributed by atoms with E-state index in [4.69, 9.17) is 5.11 Å². The van der Waals surface area contributed by atoms with Gasteiger partial charge in [-0.25, -0.2) is 4.39 Å². The number of benzene rings is 2. The highest BCUT2D eigenvalue weighted by Gasteiger charge is 2.09. The Hall–Kier alpha value is -1.83. The molecule has 2 heteroatoms. The molecule has 0 aliphatic heterocycles. The lowest BCUT2D eigenvalue weighted by Crippen LogP contribution is -1.89. The zero-order valence-corrected chi connectivity index (χ0v) is 9.29. The molecule has 0 saturated heterocycles. The second kappa shape index (κ2) is 3.97. The van der Waals surface area contributed by atoms with Crippen LogP contribution in [0.15, 0.2) is 36.4 Å². The molecule has 1 nitrogen and oxygen atoms in total. The van der Waals surface area contributed by atoms with Crippen LogP contribution in [-0.4, -0.2) is 5.11 Å². The van der Waals surface area contributed by atoms with Crippen LogP contribution in [0.3, 0.4) is 0 Å². The van der Waals surface area contributed by atoms with Gasteiger partial charge in [-0.15, -0.1) is 0 Å². The fourth-order valence-corrected chi connectivity index (χ4v) is 1.77. The van der Waals surface area contributed by atoms with E-state index < -0.39 is 5.82 Å². The van der Waals surface area contributed by atoms with Crippen LogP contribution in [-0.2, 0) is 0 Å². The third-order valence-electron chi connectivity index (χ3n) is 2.85. The van der Waals surface area contributed by atoms with Gasteiger partial charge in [-0.3, -0.25) is 0 Å². The summed E-state index contributed by atoms with van der Waals surface area (Å²) in [6, 6.07) is 10.0. The van der Waals surface area contributed by atoms with Crippen LogP contribution in [0, 0.1) is 19.7 Å². The maximum atomic E-state index is 13.7. The fourth-order valence-electron chi connectivity index (χ4n) is 1.77. The van der Waals surface area contributed by atoms with E-state index in [1.54, 1.807) is 6.07 Å². The highest BCUT2D eigenvalue weighted by Crippen LogP contribution is 2.29. The van der Waals surface area contributed by atoms with Crippen LogP contribution in [0.1, 0.15) is 11.1 Å². The van der Waals surface area contributed by atoms with Crippen LogP contribution in [0.2, 0.25) is 0 Å². The van der Waals surface area contributed by atoms with E-state index in [9.17, 15) is 4.39 Å². The van der Waals surface area contributed by atoms with Crippen molar-refractivity contribution < 1.29 is 9.50 Å². The van der Waals surface area contributed by atoms with Crippen LogP contribution in [0.5, 0.6) is 5.75 Å². The molecule has 0 fully saturated rings. The van der Waals surface area contributed by atoms with Gasteiger partial charge in [0.1, 0.15) is 11.6 Å². The number of phenols is 1. The maximum Gasteiger partial charge on any atom is 0.134 e. The predicted molar refractivity (Wildman–Crippen MR) is 63.0 cm³/mol. The van der Waals surface area contributed by atoms with Crippen molar-refractivity contribution in [2.45, 2.75) is 13.8 Å². The lowest BCUT2D eigenvalue weighted by Gasteiger charge is -2.09. The molecule has 2 aromatic rings. The Bertz CT molecular complexity index is 532. The minimum Gasteiger partial charge on any atom is -0.508 e. The Morgan fingerprint density at radius 3 is 2.44 bits per heavy atom. The highest BCUT2D eigenvalue weighted by atomic mass is 19.1. The molecule has 0 radical (unpaired) electrons. The van der Waals surface area contributed by atoms with Crippen molar-refractivity contribution in [3.05, 3.63) is 53.3 Å². The van der Waals surface area contributed by atoms with E-state index in [0.717, 1.165) is 22.8 Å². The van der Waals surface area contributed by atoms with Gasteiger partial charge in [0.2, 0.25) is 0 Å². The van der Waals surface area contributed by atoms with Gasteiger partial charge >= 0.3 is 0 Å². The number of hydrogen-bond donors (Lipinski definition) is 1. The molecule has 0 spiro atoms. The monoisotopic (exact) mass is 216 g/mol. The molecule has 0 aromatic heterocycles. The van der Waals surface area contributed by atoms with Crippen molar-refractivity contribution in [1.29, 1.82) is 0 Å². The minimum atomic E-state index is -0.395. The molecule has 0 saturated carbocycles. The van der Waals surface area contributed by atoms with Gasteiger partial charge in [-0.1, -0.05) is 18.2 Å². The zero-order chi connectivity index (χ0) is 11.7. The molecule has 16 heavy (non-hydrogen) atoms. The number of aromatic hydroxyl groups is 1. The molecule has 0 unspecified atom stereocenters. The minimum absolute atomic E-state index is 0.0495. The van der Waals surface area contributed by atoms with Gasteiger partial charge in [0.25, 0.3) is 0 Å². The lowest BCUT2D eigenvalue weighted by atomic mass is 9.97. The summed E-state index contributed by atoms with van der Waals surface area (Å²) in [4.78, 5) is 0. The van der Waals surface area contributed by atoms with Crippen LogP contribution in [0.25, 0.3) is 11.1 Å². The second-order valence-electron chi connectivity index (χ2n) is 3.91. The third-order valence-corrected chi connectivity index (χ3v) is 2.85. The van der Waals surface area contributed by atoms with Crippen LogP contribution >= 0.6 is 0 Å². The molecule has 0 heterocycles. The molecule has 0 atom stereocenters. The number of aryl methyl sites for hydroxylation is 1. The van der Waals surface area contributed by atoms with Crippen molar-refractivity contribution in [2.24, 2.45) is 0 Å². The van der Waals surface area contributed by atoms with E-state index >= 15 is 0 Å². The quantitative estimate of drug-likeness (QED) is 0.768. The summed E-state index contributed by atoms with van der Waals surface area (Å²) in [6.45, 7) is 3.97. The number of halogens is 1. The summed E-state index contributed by atoms with van der Waals surface area (Å²) in [5, 5.41) is 9.17. The topological polar surface area (TPSA) is 20.2 Å². The Labute approximate surface area is 94.2 Å². The van der Waals surface area contributed by atoms with Gasteiger partial charge in [-0.2, -0.15) is 0 Å². The van der Waals surface area contributed by atoms with Crippen molar-refractivity contribution >= 4 is 0 Å². The van der Waals surface area contributed by atoms with Crippen molar-refractivity contribution in [3.63, 3.8) is 0 Å². The smallest absolute Gasteiger partial charge is 0.134 e. The van der Waals surface area contributed by atoms with E-state index in [-0.39, 0.29) is 5.75 Å². The van der Waals surface area contributed by atoms with Crippen LogP contribution in [0.4, 0.5) is 4.39 Å². The first kappa shape index (κ1) is 10.7. The Morgan fingerprint density at radius 1 is 1.00 bits per heavy atom. The normalized spacial score (nSPS) is 10.4. The van der Waals surface area contributed by atoms with Gasteiger partial charge in [0.15, 0.2) is 0 Å². The number of hydrogen-bond acceptors (Lipinski definition) is 1. The average molecular weight is 216 g/mol. The summed E-state index contributed by atoms with van der Waals surface area (Å²) in [5.74, 6) is -0.444. The first-order valence-electron chi connectivity index (χ1n) is 5.14. The molecule has 82 valence electrons. The summed E-state index contributed by atoms with van der Waals surface area (Å²) in [5.41, 5.74) is 3.59. The summed E-state index contributed by atoms with van der Waals surface area (Å²) < 4.78 is 13.7. The van der Waals surface area contributed by atoms with Gasteiger partial charge < -0.3 is 5.11 Å². The maximum absolute atomic E-state index is 13.7. The van der Waals surface area contributed by atoms with Crippen molar-refractivity contribution in [2.75, 3.05) is 0 Å². The first-order chi connectivity index (χ1) is 7.59. The molecule has 2 aromatic carbocycles. The SMILES string of the molecule is Cc1cccc(-c2ccc(O)cc2F)c1C. The molecule has 0 aliphatic rings. The van der Waals surface area contributed by atoms with Gasteiger partial charge in [0.05, 0.1) is 0 Å². The fraction of sp³-hybridized carbons (Fsp3) is 0.143. The molecule has 2 rings (SSSR count). The van der Waals surface area contributed by atoms with Crippen molar-refractivity contribution in [1.82, 2.24) is 0 Å². The Kier molecular flexibility index (Phi) is 2.65. The summed E-state index contributed by atoms with van der Waals surface area (Å²) in [6.07, 6.45) is 0. The molecule has 0 aliphatic carbocycles. The van der Waals surface area contributed by atoms with E-state index in [0.29, 0.717) is 5.56 Å². The summed E-state index contributed by atoms with van der Waals surface area (Å²) >= 11 is 0. The molecule has 0 bridgehead atoms. The van der Waals surface area contributed by atoms with E-state index in [1.807, 2.05) is 32.0 Å². The molecular formula is C14H13FO. The van der Waals surface area contributed by atoms with Gasteiger partial charge in [0, 0.05) is 11.6 Å². The molecule has 0 amide bonds. The highest BCUT2D eigenvalue weighted by molar-refractivity contribution is 5.69. The average Bonchev–Trinajstić information content (AvgIpc) is 2.23. The van der Waals surface area contributed by atoms with Crippen molar-refractivity contribution in [3.8, 4) is 16.9 Å². The number of rotatable bonds is 1. The van der Waals surface area contributed by atoms with E-state index in [1.165, 1.54) is 6.07 Å². The zero-order valence-electron chi connectivity index (χ0n) is 9.29. The molecular weight excluding hydrogens is 203 g/mol. The van der Waals surface area contributed by atoms with Gasteiger partial charge in [-0.05, 0) is 42.7 Å². The molecule has 1 N–H and O–H groups in total. The lowest BCUT2D eigenvalue weighted by molar-refractivity contribution is 0.469. The Morgan fingerprint density at radius 2 is 1.75 bits per heavy atom. The Balaban J connectivity index is 2.63.